The summed E-state index contributed by atoms with van der Waals surface area (Å²) >= 11 is 6.38. The summed E-state index contributed by atoms with van der Waals surface area (Å²) in [6.07, 6.45) is 1.19. The molecule has 2 unspecified atom stereocenters. The van der Waals surface area contributed by atoms with Gasteiger partial charge in [-0.25, -0.2) is 0 Å². The molecule has 0 saturated carbocycles. The highest BCUT2D eigenvalue weighted by molar-refractivity contribution is 6.36. The number of rotatable bonds is 5. The zero-order chi connectivity index (χ0) is 13.1. The van der Waals surface area contributed by atoms with E-state index < -0.39 is 0 Å². The Kier molecular flexibility index (Phi) is 4.31. The first-order valence-electron chi connectivity index (χ1n) is 6.62. The number of hydrogen-bond donors (Lipinski definition) is 2. The van der Waals surface area contributed by atoms with Crippen molar-refractivity contribution in [1.82, 2.24) is 10.3 Å². The number of halogens is 1. The van der Waals surface area contributed by atoms with Gasteiger partial charge in [-0.15, -0.1) is 0 Å². The largest absolute Gasteiger partial charge is 0.356 e. The van der Waals surface area contributed by atoms with E-state index in [1.807, 2.05) is 12.1 Å². The third-order valence-corrected chi connectivity index (χ3v) is 4.24. The molecule has 0 bridgehead atoms. The average molecular weight is 265 g/mol. The summed E-state index contributed by atoms with van der Waals surface area (Å²) in [5.41, 5.74) is 2.18. The van der Waals surface area contributed by atoms with Gasteiger partial charge < -0.3 is 10.3 Å². The minimum atomic E-state index is 0.498. The lowest BCUT2D eigenvalue weighted by Gasteiger charge is -2.19. The predicted molar refractivity (Wildman–Crippen MR) is 79.1 cm³/mol. The van der Waals surface area contributed by atoms with Crippen molar-refractivity contribution in [3.63, 3.8) is 0 Å². The number of H-pyrrole nitrogens is 1. The summed E-state index contributed by atoms with van der Waals surface area (Å²) < 4.78 is 0. The quantitative estimate of drug-likeness (QED) is 0.826. The lowest BCUT2D eigenvalue weighted by atomic mass is 10.0. The van der Waals surface area contributed by atoms with Crippen molar-refractivity contribution < 1.29 is 0 Å². The molecule has 0 amide bonds. The van der Waals surface area contributed by atoms with Crippen molar-refractivity contribution in [3.05, 3.63) is 35.0 Å². The van der Waals surface area contributed by atoms with Crippen LogP contribution in [0.5, 0.6) is 0 Å². The molecule has 2 rings (SSSR count). The van der Waals surface area contributed by atoms with Gasteiger partial charge in [-0.3, -0.25) is 0 Å². The van der Waals surface area contributed by atoms with Gasteiger partial charge in [-0.1, -0.05) is 50.1 Å². The Bertz CT molecular complexity index is 518. The highest BCUT2D eigenvalue weighted by Gasteiger charge is 2.12. The van der Waals surface area contributed by atoms with Crippen LogP contribution < -0.4 is 5.32 Å². The van der Waals surface area contributed by atoms with Crippen LogP contribution in [0.25, 0.3) is 10.9 Å². The number of benzene rings is 1. The minimum Gasteiger partial charge on any atom is -0.356 e. The summed E-state index contributed by atoms with van der Waals surface area (Å²) in [6, 6.07) is 8.64. The van der Waals surface area contributed by atoms with Crippen LogP contribution in [-0.4, -0.2) is 11.0 Å². The topological polar surface area (TPSA) is 27.8 Å². The minimum absolute atomic E-state index is 0.498. The molecule has 2 N–H and O–H groups in total. The molecule has 0 spiro atoms. The van der Waals surface area contributed by atoms with Crippen LogP contribution in [0.3, 0.4) is 0 Å². The number of aromatic nitrogens is 1. The van der Waals surface area contributed by atoms with E-state index in [2.05, 4.69) is 43.2 Å². The van der Waals surface area contributed by atoms with E-state index in [0.29, 0.717) is 12.0 Å². The van der Waals surface area contributed by atoms with Gasteiger partial charge in [0.05, 0.1) is 5.02 Å². The molecule has 2 nitrogen and oxygen atoms in total. The fourth-order valence-electron chi connectivity index (χ4n) is 2.10. The zero-order valence-electron chi connectivity index (χ0n) is 11.3. The molecule has 3 heteroatoms. The van der Waals surface area contributed by atoms with Crippen LogP contribution in [0.15, 0.2) is 24.3 Å². The van der Waals surface area contributed by atoms with Gasteiger partial charge in [0.25, 0.3) is 0 Å². The predicted octanol–water partition coefficient (Wildman–Crippen LogP) is 4.35. The van der Waals surface area contributed by atoms with Crippen molar-refractivity contribution >= 4 is 22.5 Å². The van der Waals surface area contributed by atoms with E-state index in [4.69, 9.17) is 11.6 Å². The Hall–Kier alpha value is -0.990. The van der Waals surface area contributed by atoms with E-state index in [-0.39, 0.29) is 0 Å². The maximum absolute atomic E-state index is 6.38. The number of fused-ring (bicyclic) bond motifs is 1. The Morgan fingerprint density at radius 1 is 1.28 bits per heavy atom. The molecule has 1 heterocycles. The van der Waals surface area contributed by atoms with Crippen molar-refractivity contribution in [2.45, 2.75) is 39.8 Å². The summed E-state index contributed by atoms with van der Waals surface area (Å²) in [5.74, 6) is 0.674. The summed E-state index contributed by atoms with van der Waals surface area (Å²) in [4.78, 5) is 3.38. The third kappa shape index (κ3) is 2.70. The average Bonchev–Trinajstić information content (AvgIpc) is 2.72. The first-order chi connectivity index (χ1) is 8.63. The van der Waals surface area contributed by atoms with Crippen LogP contribution in [0.1, 0.15) is 32.9 Å². The second kappa shape index (κ2) is 5.77. The summed E-state index contributed by atoms with van der Waals surface area (Å²) in [6.45, 7) is 7.51. The first-order valence-corrected chi connectivity index (χ1v) is 6.99. The number of para-hydroxylation sites is 1. The Morgan fingerprint density at radius 2 is 2.00 bits per heavy atom. The maximum atomic E-state index is 6.38. The smallest absolute Gasteiger partial charge is 0.0705 e. The molecule has 1 aromatic heterocycles. The Morgan fingerprint density at radius 3 is 2.67 bits per heavy atom. The molecular weight excluding hydrogens is 244 g/mol. The molecule has 0 aliphatic carbocycles. The zero-order valence-corrected chi connectivity index (χ0v) is 12.0. The monoisotopic (exact) mass is 264 g/mol. The SMILES string of the molecule is CCC(C)C(C)NCc1[nH]c2ccccc2c1Cl. The van der Waals surface area contributed by atoms with Crippen molar-refractivity contribution in [3.8, 4) is 0 Å². The van der Waals surface area contributed by atoms with Crippen LogP contribution in [0, 0.1) is 5.92 Å². The second-order valence-corrected chi connectivity index (χ2v) is 5.40. The highest BCUT2D eigenvalue weighted by atomic mass is 35.5. The molecule has 0 aliphatic heterocycles. The molecule has 2 atom stereocenters. The Balaban J connectivity index is 2.10. The number of nitrogens with one attached hydrogen (secondary N) is 2. The number of aromatic amines is 1. The van der Waals surface area contributed by atoms with Gasteiger partial charge in [0, 0.05) is 29.2 Å². The van der Waals surface area contributed by atoms with Gasteiger partial charge in [0.15, 0.2) is 0 Å². The maximum Gasteiger partial charge on any atom is 0.0705 e. The Labute approximate surface area is 114 Å². The van der Waals surface area contributed by atoms with E-state index in [1.165, 1.54) is 6.42 Å². The van der Waals surface area contributed by atoms with Crippen LogP contribution in [0.2, 0.25) is 5.02 Å². The van der Waals surface area contributed by atoms with Gasteiger partial charge in [-0.05, 0) is 18.9 Å². The first kappa shape index (κ1) is 13.4. The molecule has 18 heavy (non-hydrogen) atoms. The van der Waals surface area contributed by atoms with Crippen LogP contribution >= 0.6 is 11.6 Å². The standard InChI is InChI=1S/C15H21ClN2/c1-4-10(2)11(3)17-9-14-15(16)12-7-5-6-8-13(12)18-14/h5-8,10-11,17-18H,4,9H2,1-3H3. The summed E-state index contributed by atoms with van der Waals surface area (Å²) in [5, 5.41) is 5.48. The highest BCUT2D eigenvalue weighted by Crippen LogP contribution is 2.27. The van der Waals surface area contributed by atoms with Crippen molar-refractivity contribution in [2.75, 3.05) is 0 Å². The molecule has 0 fully saturated rings. The van der Waals surface area contributed by atoms with Gasteiger partial charge in [0.1, 0.15) is 0 Å². The normalized spacial score (nSPS) is 14.9. The van der Waals surface area contributed by atoms with Crippen molar-refractivity contribution in [2.24, 2.45) is 5.92 Å². The third-order valence-electron chi connectivity index (χ3n) is 3.81. The van der Waals surface area contributed by atoms with E-state index >= 15 is 0 Å². The van der Waals surface area contributed by atoms with Gasteiger partial charge in [-0.2, -0.15) is 0 Å². The molecule has 0 saturated heterocycles. The van der Waals surface area contributed by atoms with Gasteiger partial charge in [0.2, 0.25) is 0 Å². The molecule has 0 radical (unpaired) electrons. The van der Waals surface area contributed by atoms with Crippen LogP contribution in [-0.2, 0) is 6.54 Å². The van der Waals surface area contributed by atoms with E-state index in [0.717, 1.165) is 28.2 Å². The molecular formula is C15H21ClN2. The molecule has 0 aliphatic rings. The number of hydrogen-bond acceptors (Lipinski definition) is 1. The van der Waals surface area contributed by atoms with Crippen LogP contribution in [0.4, 0.5) is 0 Å². The lowest BCUT2D eigenvalue weighted by Crippen LogP contribution is -2.31. The molecule has 2 aromatic rings. The van der Waals surface area contributed by atoms with Crippen molar-refractivity contribution in [1.29, 1.82) is 0 Å². The second-order valence-electron chi connectivity index (χ2n) is 5.02. The molecule has 98 valence electrons. The van der Waals surface area contributed by atoms with Gasteiger partial charge >= 0.3 is 0 Å². The fourth-order valence-corrected chi connectivity index (χ4v) is 2.38. The van der Waals surface area contributed by atoms with E-state index in [9.17, 15) is 0 Å². The summed E-state index contributed by atoms with van der Waals surface area (Å²) in [7, 11) is 0. The molecule has 1 aromatic carbocycles. The lowest BCUT2D eigenvalue weighted by molar-refractivity contribution is 0.388. The fraction of sp³-hybridized carbons (Fsp3) is 0.467. The van der Waals surface area contributed by atoms with E-state index in [1.54, 1.807) is 0 Å².